The minimum absolute atomic E-state index is 0.121. The second kappa shape index (κ2) is 5.53. The third-order valence-electron chi connectivity index (χ3n) is 2.02. The Labute approximate surface area is 93.8 Å². The molecule has 0 aromatic heterocycles. The Bertz CT molecular complexity index is 377. The van der Waals surface area contributed by atoms with E-state index in [1.54, 1.807) is 6.92 Å². The molecule has 0 aliphatic carbocycles. The summed E-state index contributed by atoms with van der Waals surface area (Å²) in [5, 5.41) is 18.2. The molecule has 1 aromatic carbocycles. The van der Waals surface area contributed by atoms with E-state index in [9.17, 15) is 4.79 Å². The van der Waals surface area contributed by atoms with Crippen molar-refractivity contribution < 1.29 is 24.3 Å². The van der Waals surface area contributed by atoms with Crippen LogP contribution in [-0.4, -0.2) is 36.9 Å². The summed E-state index contributed by atoms with van der Waals surface area (Å²) >= 11 is 0. The number of hydrogen-bond acceptors (Lipinski definition) is 5. The van der Waals surface area contributed by atoms with Crippen molar-refractivity contribution in [2.75, 3.05) is 13.7 Å². The minimum Gasteiger partial charge on any atom is -0.496 e. The first-order valence-corrected chi connectivity index (χ1v) is 4.82. The quantitative estimate of drug-likeness (QED) is 0.535. The Morgan fingerprint density at radius 2 is 2.12 bits per heavy atom. The van der Waals surface area contributed by atoms with E-state index in [-0.39, 0.29) is 23.4 Å². The number of esters is 1. The highest BCUT2D eigenvalue weighted by Crippen LogP contribution is 2.16. The first-order chi connectivity index (χ1) is 7.61. The topological polar surface area (TPSA) is 76.0 Å². The number of carbonyl (C=O) groups is 1. The third-order valence-corrected chi connectivity index (χ3v) is 2.02. The van der Waals surface area contributed by atoms with Crippen LogP contribution in [0.1, 0.15) is 17.3 Å². The SMILES string of the molecule is CCOC(=O)c1cccc(B(O)O)c1OC. The average Bonchev–Trinajstić information content (AvgIpc) is 2.28. The van der Waals surface area contributed by atoms with Crippen molar-refractivity contribution in [1.82, 2.24) is 0 Å². The van der Waals surface area contributed by atoms with E-state index in [4.69, 9.17) is 19.5 Å². The van der Waals surface area contributed by atoms with Crippen LogP contribution in [0.15, 0.2) is 18.2 Å². The maximum Gasteiger partial charge on any atom is 0.492 e. The Morgan fingerprint density at radius 1 is 1.44 bits per heavy atom. The van der Waals surface area contributed by atoms with Crippen molar-refractivity contribution in [2.24, 2.45) is 0 Å². The van der Waals surface area contributed by atoms with Gasteiger partial charge < -0.3 is 19.5 Å². The summed E-state index contributed by atoms with van der Waals surface area (Å²) in [6.07, 6.45) is 0. The maximum atomic E-state index is 11.5. The molecule has 86 valence electrons. The highest BCUT2D eigenvalue weighted by atomic mass is 16.5. The van der Waals surface area contributed by atoms with E-state index < -0.39 is 13.1 Å². The first kappa shape index (κ1) is 12.5. The highest BCUT2D eigenvalue weighted by molar-refractivity contribution is 6.60. The second-order valence-corrected chi connectivity index (χ2v) is 3.02. The Hall–Kier alpha value is -1.53. The van der Waals surface area contributed by atoms with Crippen LogP contribution in [-0.2, 0) is 4.74 Å². The molecule has 0 atom stereocenters. The highest BCUT2D eigenvalue weighted by Gasteiger charge is 2.22. The van der Waals surface area contributed by atoms with Crippen molar-refractivity contribution in [3.63, 3.8) is 0 Å². The molecule has 6 heteroatoms. The number of para-hydroxylation sites is 1. The molecule has 0 saturated carbocycles. The van der Waals surface area contributed by atoms with E-state index in [1.807, 2.05) is 0 Å². The number of carbonyl (C=O) groups excluding carboxylic acids is 1. The molecular formula is C10H13BO5. The Balaban J connectivity index is 3.18. The van der Waals surface area contributed by atoms with Crippen LogP contribution >= 0.6 is 0 Å². The van der Waals surface area contributed by atoms with Crippen LogP contribution in [0.2, 0.25) is 0 Å². The normalized spacial score (nSPS) is 9.75. The van der Waals surface area contributed by atoms with Gasteiger partial charge in [0.1, 0.15) is 11.3 Å². The van der Waals surface area contributed by atoms with Gasteiger partial charge in [0.25, 0.3) is 0 Å². The van der Waals surface area contributed by atoms with E-state index >= 15 is 0 Å². The molecule has 5 nitrogen and oxygen atoms in total. The molecule has 2 N–H and O–H groups in total. The van der Waals surface area contributed by atoms with Crippen molar-refractivity contribution in [1.29, 1.82) is 0 Å². The van der Waals surface area contributed by atoms with Gasteiger partial charge in [-0.25, -0.2) is 4.79 Å². The second-order valence-electron chi connectivity index (χ2n) is 3.02. The monoisotopic (exact) mass is 224 g/mol. The largest absolute Gasteiger partial charge is 0.496 e. The number of ether oxygens (including phenoxy) is 2. The average molecular weight is 224 g/mol. The zero-order valence-corrected chi connectivity index (χ0v) is 9.14. The number of hydrogen-bond donors (Lipinski definition) is 2. The zero-order valence-electron chi connectivity index (χ0n) is 9.14. The fraction of sp³-hybridized carbons (Fsp3) is 0.300. The van der Waals surface area contributed by atoms with Crippen molar-refractivity contribution in [2.45, 2.75) is 6.92 Å². The Morgan fingerprint density at radius 3 is 2.62 bits per heavy atom. The van der Waals surface area contributed by atoms with Gasteiger partial charge in [-0.2, -0.15) is 0 Å². The van der Waals surface area contributed by atoms with Gasteiger partial charge in [0, 0.05) is 5.46 Å². The van der Waals surface area contributed by atoms with Gasteiger partial charge in [-0.3, -0.25) is 0 Å². The van der Waals surface area contributed by atoms with Gasteiger partial charge in [-0.05, 0) is 13.0 Å². The summed E-state index contributed by atoms with van der Waals surface area (Å²) in [4.78, 5) is 11.5. The van der Waals surface area contributed by atoms with Crippen molar-refractivity contribution in [3.05, 3.63) is 23.8 Å². The summed E-state index contributed by atoms with van der Waals surface area (Å²) in [5.41, 5.74) is 0.308. The van der Waals surface area contributed by atoms with Crippen LogP contribution in [0, 0.1) is 0 Å². The fourth-order valence-electron chi connectivity index (χ4n) is 1.36. The van der Waals surface area contributed by atoms with Gasteiger partial charge in [-0.1, -0.05) is 12.1 Å². The summed E-state index contributed by atoms with van der Waals surface area (Å²) in [5.74, 6) is -0.433. The lowest BCUT2D eigenvalue weighted by atomic mass is 9.78. The van der Waals surface area contributed by atoms with Crippen LogP contribution in [0.4, 0.5) is 0 Å². The van der Waals surface area contributed by atoms with Crippen LogP contribution in [0.5, 0.6) is 5.75 Å². The molecule has 1 aromatic rings. The molecule has 0 radical (unpaired) electrons. The summed E-state index contributed by atoms with van der Waals surface area (Å²) in [6, 6.07) is 4.50. The Kier molecular flexibility index (Phi) is 4.33. The fourth-order valence-corrected chi connectivity index (χ4v) is 1.36. The molecule has 0 unspecified atom stereocenters. The lowest BCUT2D eigenvalue weighted by Crippen LogP contribution is -2.32. The smallest absolute Gasteiger partial charge is 0.492 e. The number of rotatable bonds is 4. The molecule has 0 fully saturated rings. The van der Waals surface area contributed by atoms with Crippen LogP contribution in [0.25, 0.3) is 0 Å². The summed E-state index contributed by atoms with van der Waals surface area (Å²) in [7, 11) is -0.339. The van der Waals surface area contributed by atoms with Gasteiger partial charge in [0.2, 0.25) is 0 Å². The van der Waals surface area contributed by atoms with Gasteiger partial charge >= 0.3 is 13.1 Å². The van der Waals surface area contributed by atoms with Gasteiger partial charge in [0.15, 0.2) is 0 Å². The molecule has 0 spiro atoms. The lowest BCUT2D eigenvalue weighted by Gasteiger charge is -2.11. The molecular weight excluding hydrogens is 211 g/mol. The predicted molar refractivity (Wildman–Crippen MR) is 58.8 cm³/mol. The molecule has 0 aliphatic heterocycles. The lowest BCUT2D eigenvalue weighted by molar-refractivity contribution is 0.0523. The standard InChI is InChI=1S/C10H13BO5/c1-3-16-10(12)7-5-4-6-8(11(13)14)9(7)15-2/h4-6,13-14H,3H2,1-2H3. The van der Waals surface area contributed by atoms with E-state index in [0.717, 1.165) is 0 Å². The third kappa shape index (κ3) is 2.53. The molecule has 0 bridgehead atoms. The van der Waals surface area contributed by atoms with E-state index in [2.05, 4.69) is 0 Å². The van der Waals surface area contributed by atoms with E-state index in [0.29, 0.717) is 0 Å². The number of benzene rings is 1. The molecule has 0 amide bonds. The van der Waals surface area contributed by atoms with Crippen LogP contribution < -0.4 is 10.2 Å². The molecule has 0 heterocycles. The van der Waals surface area contributed by atoms with Crippen molar-refractivity contribution >= 4 is 18.6 Å². The molecule has 16 heavy (non-hydrogen) atoms. The molecule has 0 saturated heterocycles. The zero-order chi connectivity index (χ0) is 12.1. The summed E-state index contributed by atoms with van der Waals surface area (Å²) < 4.78 is 9.81. The molecule has 0 aliphatic rings. The maximum absolute atomic E-state index is 11.5. The van der Waals surface area contributed by atoms with Crippen molar-refractivity contribution in [3.8, 4) is 5.75 Å². The summed E-state index contributed by atoms with van der Waals surface area (Å²) in [6.45, 7) is 1.93. The first-order valence-electron chi connectivity index (χ1n) is 4.82. The van der Waals surface area contributed by atoms with E-state index in [1.165, 1.54) is 25.3 Å². The minimum atomic E-state index is -1.69. The molecule has 1 rings (SSSR count). The van der Waals surface area contributed by atoms with Crippen LogP contribution in [0.3, 0.4) is 0 Å². The number of methoxy groups -OCH3 is 1. The van der Waals surface area contributed by atoms with Gasteiger partial charge in [-0.15, -0.1) is 0 Å². The van der Waals surface area contributed by atoms with Gasteiger partial charge in [0.05, 0.1) is 13.7 Å². The predicted octanol–water partition coefficient (Wildman–Crippen LogP) is -0.448.